The van der Waals surface area contributed by atoms with Gasteiger partial charge in [0.15, 0.2) is 0 Å². The monoisotopic (exact) mass is 183 g/mol. The Morgan fingerprint density at radius 3 is 2.62 bits per heavy atom. The van der Waals surface area contributed by atoms with E-state index in [0.29, 0.717) is 6.04 Å². The normalized spacial score (nSPS) is 12.2. The molecule has 0 N–H and O–H groups in total. The maximum atomic E-state index is 11.2. The van der Waals surface area contributed by atoms with Crippen molar-refractivity contribution in [3.05, 3.63) is 12.7 Å². The second kappa shape index (κ2) is 6.70. The van der Waals surface area contributed by atoms with Crippen LogP contribution in [0.15, 0.2) is 12.7 Å². The predicted molar refractivity (Wildman–Crippen MR) is 56.6 cm³/mol. The number of hydrogen-bond donors (Lipinski definition) is 0. The molecule has 0 aliphatic heterocycles. The first-order valence-corrected chi connectivity index (χ1v) is 5.02. The van der Waals surface area contributed by atoms with E-state index in [2.05, 4.69) is 20.4 Å². The highest BCUT2D eigenvalue weighted by Crippen LogP contribution is 2.08. The first-order chi connectivity index (χ1) is 6.13. The molecular weight excluding hydrogens is 162 g/mol. The minimum atomic E-state index is 0.0176. The number of carbonyl (C=O) groups is 1. The van der Waals surface area contributed by atoms with Gasteiger partial charge in [-0.25, -0.2) is 0 Å². The maximum absolute atomic E-state index is 11.2. The van der Waals surface area contributed by atoms with Gasteiger partial charge in [-0.15, -0.1) is 0 Å². The molecule has 0 aromatic rings. The van der Waals surface area contributed by atoms with E-state index in [0.717, 1.165) is 6.42 Å². The van der Waals surface area contributed by atoms with Gasteiger partial charge in [0.2, 0.25) is 5.91 Å². The molecular formula is C11H21NO. The van der Waals surface area contributed by atoms with E-state index in [1.807, 2.05) is 7.05 Å². The molecule has 2 heteroatoms. The van der Waals surface area contributed by atoms with Crippen molar-refractivity contribution in [2.24, 2.45) is 0 Å². The van der Waals surface area contributed by atoms with Gasteiger partial charge in [-0.3, -0.25) is 4.79 Å². The Morgan fingerprint density at radius 1 is 1.54 bits per heavy atom. The van der Waals surface area contributed by atoms with Crippen LogP contribution in [0.1, 0.15) is 39.5 Å². The topological polar surface area (TPSA) is 20.3 Å². The fourth-order valence-corrected chi connectivity index (χ4v) is 1.24. The van der Waals surface area contributed by atoms with Gasteiger partial charge in [-0.1, -0.05) is 32.8 Å². The molecule has 0 rings (SSSR count). The summed E-state index contributed by atoms with van der Waals surface area (Å²) in [7, 11) is 1.83. The molecule has 0 heterocycles. The van der Waals surface area contributed by atoms with E-state index < -0.39 is 0 Å². The summed E-state index contributed by atoms with van der Waals surface area (Å²) in [6.45, 7) is 7.73. The average molecular weight is 183 g/mol. The van der Waals surface area contributed by atoms with Crippen LogP contribution >= 0.6 is 0 Å². The van der Waals surface area contributed by atoms with Crippen molar-refractivity contribution >= 4 is 5.91 Å². The lowest BCUT2D eigenvalue weighted by Gasteiger charge is -2.23. The molecule has 76 valence electrons. The van der Waals surface area contributed by atoms with Gasteiger partial charge in [0.1, 0.15) is 0 Å². The van der Waals surface area contributed by atoms with E-state index in [-0.39, 0.29) is 5.91 Å². The quantitative estimate of drug-likeness (QED) is 0.458. The van der Waals surface area contributed by atoms with Crippen molar-refractivity contribution in [2.75, 3.05) is 7.05 Å². The lowest BCUT2D eigenvalue weighted by molar-refractivity contribution is -0.126. The molecule has 0 aromatic carbocycles. The fraction of sp³-hybridized carbons (Fsp3) is 0.727. The SMILES string of the molecule is C=CC(=O)N(C)C(C)CCCCC. The molecule has 0 aliphatic rings. The zero-order valence-corrected chi connectivity index (χ0v) is 9.05. The Bertz CT molecular complexity index is 165. The fourth-order valence-electron chi connectivity index (χ4n) is 1.24. The molecule has 1 unspecified atom stereocenters. The lowest BCUT2D eigenvalue weighted by atomic mass is 10.1. The Balaban J connectivity index is 3.74. The Hall–Kier alpha value is -0.790. The van der Waals surface area contributed by atoms with E-state index in [1.54, 1.807) is 4.90 Å². The van der Waals surface area contributed by atoms with Gasteiger partial charge >= 0.3 is 0 Å². The molecule has 0 radical (unpaired) electrons. The number of unbranched alkanes of at least 4 members (excludes halogenated alkanes) is 2. The summed E-state index contributed by atoms with van der Waals surface area (Å²) in [5.41, 5.74) is 0. The molecule has 0 aliphatic carbocycles. The van der Waals surface area contributed by atoms with Gasteiger partial charge in [0.05, 0.1) is 0 Å². The van der Waals surface area contributed by atoms with Crippen molar-refractivity contribution < 1.29 is 4.79 Å². The number of amides is 1. The van der Waals surface area contributed by atoms with Gasteiger partial charge in [-0.2, -0.15) is 0 Å². The summed E-state index contributed by atoms with van der Waals surface area (Å²) in [4.78, 5) is 12.9. The second-order valence-corrected chi connectivity index (χ2v) is 3.50. The molecule has 0 aromatic heterocycles. The van der Waals surface area contributed by atoms with E-state index in [1.165, 1.54) is 25.3 Å². The summed E-state index contributed by atoms with van der Waals surface area (Å²) in [5.74, 6) is 0.0176. The van der Waals surface area contributed by atoms with Crippen molar-refractivity contribution in [1.29, 1.82) is 0 Å². The van der Waals surface area contributed by atoms with Crippen LogP contribution < -0.4 is 0 Å². The average Bonchev–Trinajstić information content (AvgIpc) is 2.15. The minimum Gasteiger partial charge on any atom is -0.340 e. The van der Waals surface area contributed by atoms with Crippen LogP contribution in [0.25, 0.3) is 0 Å². The van der Waals surface area contributed by atoms with Crippen LogP contribution in [0.3, 0.4) is 0 Å². The summed E-state index contributed by atoms with van der Waals surface area (Å²) < 4.78 is 0. The third-order valence-corrected chi connectivity index (χ3v) is 2.41. The highest BCUT2D eigenvalue weighted by Gasteiger charge is 2.11. The van der Waals surface area contributed by atoms with E-state index in [4.69, 9.17) is 0 Å². The standard InChI is InChI=1S/C11H21NO/c1-5-7-8-9-10(3)12(4)11(13)6-2/h6,10H,2,5,7-9H2,1,3-4H3. The van der Waals surface area contributed by atoms with Gasteiger partial charge in [0, 0.05) is 13.1 Å². The highest BCUT2D eigenvalue weighted by molar-refractivity contribution is 5.86. The third kappa shape index (κ3) is 4.71. The maximum Gasteiger partial charge on any atom is 0.245 e. The number of hydrogen-bond acceptors (Lipinski definition) is 1. The summed E-state index contributed by atoms with van der Waals surface area (Å²) in [6.07, 6.45) is 6.14. The second-order valence-electron chi connectivity index (χ2n) is 3.50. The van der Waals surface area contributed by atoms with Crippen LogP contribution in [0.5, 0.6) is 0 Å². The van der Waals surface area contributed by atoms with Crippen LogP contribution in [0.4, 0.5) is 0 Å². The summed E-state index contributed by atoms with van der Waals surface area (Å²) in [5, 5.41) is 0. The summed E-state index contributed by atoms with van der Waals surface area (Å²) >= 11 is 0. The van der Waals surface area contributed by atoms with E-state index in [9.17, 15) is 4.79 Å². The smallest absolute Gasteiger partial charge is 0.245 e. The first-order valence-electron chi connectivity index (χ1n) is 5.02. The zero-order valence-electron chi connectivity index (χ0n) is 9.05. The molecule has 0 fully saturated rings. The molecule has 2 nitrogen and oxygen atoms in total. The molecule has 1 amide bonds. The van der Waals surface area contributed by atoms with Crippen molar-refractivity contribution in [3.63, 3.8) is 0 Å². The van der Waals surface area contributed by atoms with Crippen LogP contribution in [-0.4, -0.2) is 23.9 Å². The van der Waals surface area contributed by atoms with Crippen molar-refractivity contribution in [2.45, 2.75) is 45.6 Å². The van der Waals surface area contributed by atoms with Gasteiger partial charge in [-0.05, 0) is 19.4 Å². The van der Waals surface area contributed by atoms with Crippen LogP contribution in [0.2, 0.25) is 0 Å². The number of rotatable bonds is 6. The Morgan fingerprint density at radius 2 is 2.15 bits per heavy atom. The molecule has 0 bridgehead atoms. The molecule has 13 heavy (non-hydrogen) atoms. The largest absolute Gasteiger partial charge is 0.340 e. The number of likely N-dealkylation sites (N-methyl/N-ethyl adjacent to an activating group) is 1. The predicted octanol–water partition coefficient (Wildman–Crippen LogP) is 2.60. The van der Waals surface area contributed by atoms with Crippen LogP contribution in [0, 0.1) is 0 Å². The lowest BCUT2D eigenvalue weighted by Crippen LogP contribution is -2.33. The summed E-state index contributed by atoms with van der Waals surface area (Å²) in [6, 6.07) is 0.331. The first kappa shape index (κ1) is 12.2. The zero-order chi connectivity index (χ0) is 10.3. The molecule has 1 atom stereocenters. The van der Waals surface area contributed by atoms with E-state index >= 15 is 0 Å². The number of nitrogens with zero attached hydrogens (tertiary/aromatic N) is 1. The Labute approximate surface area is 81.6 Å². The van der Waals surface area contributed by atoms with Crippen molar-refractivity contribution in [3.8, 4) is 0 Å². The molecule has 0 saturated carbocycles. The van der Waals surface area contributed by atoms with Gasteiger partial charge < -0.3 is 4.90 Å². The minimum absolute atomic E-state index is 0.0176. The van der Waals surface area contributed by atoms with Crippen molar-refractivity contribution in [1.82, 2.24) is 4.90 Å². The van der Waals surface area contributed by atoms with Gasteiger partial charge in [0.25, 0.3) is 0 Å². The molecule has 0 saturated heterocycles. The number of carbonyl (C=O) groups excluding carboxylic acids is 1. The highest BCUT2D eigenvalue weighted by atomic mass is 16.2. The Kier molecular flexibility index (Phi) is 6.29. The third-order valence-electron chi connectivity index (χ3n) is 2.41. The van der Waals surface area contributed by atoms with Crippen LogP contribution in [-0.2, 0) is 4.79 Å². The molecule has 0 spiro atoms.